The number of hydrogen-bond acceptors (Lipinski definition) is 4. The molecule has 0 spiro atoms. The Kier molecular flexibility index (Phi) is 5.72. The minimum atomic E-state index is -0.661. The summed E-state index contributed by atoms with van der Waals surface area (Å²) in [6.07, 6.45) is 0. The van der Waals surface area contributed by atoms with E-state index in [0.29, 0.717) is 22.3 Å². The molecule has 0 aliphatic carbocycles. The number of fused-ring (bicyclic) bond motifs is 1. The molecule has 0 bridgehead atoms. The second-order valence-corrected chi connectivity index (χ2v) is 7.67. The van der Waals surface area contributed by atoms with Crippen molar-refractivity contribution < 1.29 is 27.5 Å². The molecule has 4 aromatic rings. The van der Waals surface area contributed by atoms with E-state index in [1.807, 2.05) is 6.92 Å². The maximum Gasteiger partial charge on any atom is 0.338 e. The summed E-state index contributed by atoms with van der Waals surface area (Å²) in [7, 11) is 2.72. The van der Waals surface area contributed by atoms with E-state index in [1.54, 1.807) is 31.2 Å². The minimum absolute atomic E-state index is 0.00534. The Hall–Kier alpha value is -4.00. The van der Waals surface area contributed by atoms with Gasteiger partial charge in [-0.1, -0.05) is 6.07 Å². The summed E-state index contributed by atoms with van der Waals surface area (Å²) in [4.78, 5) is 25.0. The fourth-order valence-corrected chi connectivity index (χ4v) is 3.98. The highest BCUT2D eigenvalue weighted by atomic mass is 19.1. The van der Waals surface area contributed by atoms with Crippen LogP contribution in [0.25, 0.3) is 33.4 Å². The lowest BCUT2D eigenvalue weighted by Crippen LogP contribution is -2.18. The third-order valence-corrected chi connectivity index (χ3v) is 5.62. The molecule has 4 rings (SSSR count). The van der Waals surface area contributed by atoms with Crippen molar-refractivity contribution in [1.29, 1.82) is 0 Å². The van der Waals surface area contributed by atoms with Crippen LogP contribution in [0.1, 0.15) is 31.8 Å². The SMILES string of the molecule is CNC(=O)c1c(-c2ccc(F)cc2)oc2ccc(-c3cc(C(=O)OC)c(C)cc3C)c(F)c12. The van der Waals surface area contributed by atoms with Crippen LogP contribution >= 0.6 is 0 Å². The first kappa shape index (κ1) is 22.2. The predicted molar refractivity (Wildman–Crippen MR) is 121 cm³/mol. The zero-order valence-electron chi connectivity index (χ0n) is 18.5. The molecule has 5 nitrogen and oxygen atoms in total. The number of esters is 1. The maximum absolute atomic E-state index is 16.0. The predicted octanol–water partition coefficient (Wildman–Crippen LogP) is 5.81. The largest absolute Gasteiger partial charge is 0.465 e. The molecule has 7 heteroatoms. The van der Waals surface area contributed by atoms with Crippen molar-refractivity contribution in [3.05, 3.63) is 82.4 Å². The number of aryl methyl sites for hydroxylation is 2. The lowest BCUT2D eigenvalue weighted by Gasteiger charge is -2.13. The van der Waals surface area contributed by atoms with Crippen LogP contribution in [0.2, 0.25) is 0 Å². The Bertz CT molecular complexity index is 1400. The van der Waals surface area contributed by atoms with Crippen LogP contribution < -0.4 is 5.32 Å². The molecule has 3 aromatic carbocycles. The Labute approximate surface area is 189 Å². The van der Waals surface area contributed by atoms with Crippen molar-refractivity contribution in [2.24, 2.45) is 0 Å². The molecule has 0 saturated carbocycles. The smallest absolute Gasteiger partial charge is 0.338 e. The van der Waals surface area contributed by atoms with Gasteiger partial charge in [0, 0.05) is 18.2 Å². The zero-order chi connectivity index (χ0) is 23.9. The molecule has 0 fully saturated rings. The number of hydrogen-bond donors (Lipinski definition) is 1. The lowest BCUT2D eigenvalue weighted by atomic mass is 9.93. The fourth-order valence-electron chi connectivity index (χ4n) is 3.98. The quantitative estimate of drug-likeness (QED) is 0.400. The Balaban J connectivity index is 2.01. The second kappa shape index (κ2) is 8.50. The maximum atomic E-state index is 16.0. The summed E-state index contributed by atoms with van der Waals surface area (Å²) in [6, 6.07) is 11.9. The molecule has 33 heavy (non-hydrogen) atoms. The zero-order valence-corrected chi connectivity index (χ0v) is 18.5. The van der Waals surface area contributed by atoms with E-state index in [-0.39, 0.29) is 27.9 Å². The van der Waals surface area contributed by atoms with Crippen LogP contribution in [0, 0.1) is 25.5 Å². The summed E-state index contributed by atoms with van der Waals surface area (Å²) < 4.78 is 40.1. The number of halogens is 2. The van der Waals surface area contributed by atoms with E-state index in [1.165, 1.54) is 38.4 Å². The standard InChI is InChI=1S/C26H21F2NO4/c1-13-11-14(2)19(26(31)32-4)12-18(13)17-9-10-20-21(23(17)28)22(25(30)29-3)24(33-20)15-5-7-16(27)8-6-15/h5-12H,1-4H3,(H,29,30). The van der Waals surface area contributed by atoms with E-state index in [0.717, 1.165) is 5.56 Å². The first-order chi connectivity index (χ1) is 15.8. The van der Waals surface area contributed by atoms with Gasteiger partial charge in [0.1, 0.15) is 23.0 Å². The normalized spacial score (nSPS) is 11.0. The van der Waals surface area contributed by atoms with Gasteiger partial charge in [-0.2, -0.15) is 0 Å². The summed E-state index contributed by atoms with van der Waals surface area (Å²) in [5.74, 6) is -2.04. The van der Waals surface area contributed by atoms with E-state index in [2.05, 4.69) is 5.32 Å². The summed E-state index contributed by atoms with van der Waals surface area (Å²) >= 11 is 0. The first-order valence-corrected chi connectivity index (χ1v) is 10.2. The van der Waals surface area contributed by atoms with Crippen LogP contribution in [0.3, 0.4) is 0 Å². The molecule has 0 atom stereocenters. The third-order valence-electron chi connectivity index (χ3n) is 5.62. The number of amides is 1. The molecule has 1 amide bonds. The summed E-state index contributed by atoms with van der Waals surface area (Å²) in [6.45, 7) is 3.59. The molecule has 0 aliphatic heterocycles. The number of benzene rings is 3. The van der Waals surface area contributed by atoms with Crippen molar-refractivity contribution in [2.45, 2.75) is 13.8 Å². The highest BCUT2D eigenvalue weighted by molar-refractivity contribution is 6.12. The van der Waals surface area contributed by atoms with Gasteiger partial charge in [0.15, 0.2) is 0 Å². The van der Waals surface area contributed by atoms with E-state index >= 15 is 4.39 Å². The van der Waals surface area contributed by atoms with Crippen LogP contribution in [-0.4, -0.2) is 26.0 Å². The number of carbonyl (C=O) groups is 2. The molecule has 168 valence electrons. The van der Waals surface area contributed by atoms with Crippen LogP contribution in [0.15, 0.2) is 52.9 Å². The molecular formula is C26H21F2NO4. The van der Waals surface area contributed by atoms with Crippen molar-refractivity contribution in [3.63, 3.8) is 0 Å². The third kappa shape index (κ3) is 3.75. The molecule has 0 aliphatic rings. The molecular weight excluding hydrogens is 428 g/mol. The van der Waals surface area contributed by atoms with Gasteiger partial charge in [0.2, 0.25) is 0 Å². The average Bonchev–Trinajstić information content (AvgIpc) is 3.20. The van der Waals surface area contributed by atoms with E-state index in [4.69, 9.17) is 9.15 Å². The van der Waals surface area contributed by atoms with E-state index < -0.39 is 23.5 Å². The number of rotatable bonds is 4. The van der Waals surface area contributed by atoms with Crippen molar-refractivity contribution in [2.75, 3.05) is 14.2 Å². The van der Waals surface area contributed by atoms with Crippen molar-refractivity contribution in [3.8, 4) is 22.5 Å². The molecule has 0 radical (unpaired) electrons. The Morgan fingerprint density at radius 1 is 0.939 bits per heavy atom. The topological polar surface area (TPSA) is 68.5 Å². The van der Waals surface area contributed by atoms with Gasteiger partial charge in [-0.3, -0.25) is 4.79 Å². The van der Waals surface area contributed by atoms with Crippen LogP contribution in [0.5, 0.6) is 0 Å². The molecule has 1 N–H and O–H groups in total. The summed E-state index contributed by atoms with van der Waals surface area (Å²) in [5.41, 5.74) is 3.10. The number of ether oxygens (including phenoxy) is 1. The van der Waals surface area contributed by atoms with E-state index in [9.17, 15) is 14.0 Å². The monoisotopic (exact) mass is 449 g/mol. The highest BCUT2D eigenvalue weighted by Gasteiger charge is 2.26. The summed E-state index contributed by atoms with van der Waals surface area (Å²) in [5, 5.41) is 2.52. The van der Waals surface area contributed by atoms with Gasteiger partial charge >= 0.3 is 5.97 Å². The lowest BCUT2D eigenvalue weighted by molar-refractivity contribution is 0.0599. The van der Waals surface area contributed by atoms with Gasteiger partial charge in [-0.05, 0) is 73.0 Å². The Morgan fingerprint density at radius 2 is 1.64 bits per heavy atom. The number of methoxy groups -OCH3 is 1. The average molecular weight is 449 g/mol. The van der Waals surface area contributed by atoms with Gasteiger partial charge in [0.25, 0.3) is 5.91 Å². The Morgan fingerprint density at radius 3 is 2.27 bits per heavy atom. The second-order valence-electron chi connectivity index (χ2n) is 7.67. The van der Waals surface area contributed by atoms with Crippen molar-refractivity contribution in [1.82, 2.24) is 5.32 Å². The van der Waals surface area contributed by atoms with Gasteiger partial charge in [-0.25, -0.2) is 13.6 Å². The highest BCUT2D eigenvalue weighted by Crippen LogP contribution is 2.39. The fraction of sp³-hybridized carbons (Fsp3) is 0.154. The first-order valence-electron chi connectivity index (χ1n) is 10.2. The molecule has 0 saturated heterocycles. The number of furan rings is 1. The molecule has 1 aromatic heterocycles. The number of carbonyl (C=O) groups excluding carboxylic acids is 2. The number of nitrogens with one attached hydrogen (secondary N) is 1. The molecule has 0 unspecified atom stereocenters. The van der Waals surface area contributed by atoms with Gasteiger partial charge in [0.05, 0.1) is 23.6 Å². The van der Waals surface area contributed by atoms with Gasteiger partial charge < -0.3 is 14.5 Å². The van der Waals surface area contributed by atoms with Crippen LogP contribution in [0.4, 0.5) is 8.78 Å². The van der Waals surface area contributed by atoms with Gasteiger partial charge in [-0.15, -0.1) is 0 Å². The minimum Gasteiger partial charge on any atom is -0.465 e. The van der Waals surface area contributed by atoms with Crippen LogP contribution in [-0.2, 0) is 4.74 Å². The van der Waals surface area contributed by atoms with Crippen molar-refractivity contribution >= 4 is 22.8 Å². The molecule has 1 heterocycles.